The number of carboxylic acid groups (broad SMARTS) is 1. The molecule has 0 spiro atoms. The Hall–Kier alpha value is -3.85. The van der Waals surface area contributed by atoms with Gasteiger partial charge in [-0.3, -0.25) is 9.59 Å². The number of fused-ring (bicyclic) bond motifs is 3. The second-order valence-electron chi connectivity index (χ2n) is 11.3. The van der Waals surface area contributed by atoms with Gasteiger partial charge in [0.2, 0.25) is 0 Å². The second kappa shape index (κ2) is 8.83. The number of carbonyl (C=O) groups excluding carboxylic acids is 2. The van der Waals surface area contributed by atoms with Crippen molar-refractivity contribution < 1.29 is 37.7 Å². The van der Waals surface area contributed by atoms with Crippen LogP contribution in [0.4, 0.5) is 8.78 Å². The first kappa shape index (κ1) is 25.1. The molecule has 0 amide bonds. The number of ketones is 1. The molecule has 204 valence electrons. The first-order chi connectivity index (χ1) is 19.2. The quantitative estimate of drug-likeness (QED) is 0.160. The molecule has 1 aromatic heterocycles. The van der Waals surface area contributed by atoms with Crippen molar-refractivity contribution in [3.8, 4) is 16.4 Å². The first-order valence-electron chi connectivity index (χ1n) is 13.2. The Morgan fingerprint density at radius 1 is 0.900 bits per heavy atom. The molecule has 4 aromatic rings. The van der Waals surface area contributed by atoms with Crippen LogP contribution in [0.25, 0.3) is 25.1 Å². The maximum atomic E-state index is 14.3. The van der Waals surface area contributed by atoms with Gasteiger partial charge < -0.3 is 14.6 Å². The molecule has 8 rings (SSSR count). The number of Topliss-reactive ketones (excluding diaryl/α,β-unsaturated/α-hetero) is 1. The zero-order valence-corrected chi connectivity index (χ0v) is 22.4. The van der Waals surface area contributed by atoms with Crippen molar-refractivity contribution in [2.45, 2.75) is 32.1 Å². The number of rotatable bonds is 5. The van der Waals surface area contributed by atoms with Gasteiger partial charge in [0.25, 0.3) is 0 Å². The highest BCUT2D eigenvalue weighted by molar-refractivity contribution is 7.50. The Balaban J connectivity index is 1.38. The summed E-state index contributed by atoms with van der Waals surface area (Å²) in [6.07, 6.45) is 3.28. The van der Waals surface area contributed by atoms with Crippen LogP contribution in [0.3, 0.4) is 0 Å². The Kier molecular flexibility index (Phi) is 5.55. The summed E-state index contributed by atoms with van der Waals surface area (Å²) < 4.78 is 41.3. The lowest BCUT2D eigenvalue weighted by atomic mass is 9.49. The van der Waals surface area contributed by atoms with Gasteiger partial charge in [-0.2, -0.15) is 0 Å². The molecular formula is C31H25F2O6S+. The predicted molar refractivity (Wildman–Crippen MR) is 145 cm³/mol. The molecule has 2 atom stereocenters. The zero-order valence-electron chi connectivity index (χ0n) is 21.5. The van der Waals surface area contributed by atoms with Gasteiger partial charge in [-0.05, 0) is 62.3 Å². The van der Waals surface area contributed by atoms with Crippen molar-refractivity contribution in [1.29, 1.82) is 0 Å². The molecule has 1 heterocycles. The highest BCUT2D eigenvalue weighted by Gasteiger charge is 2.59. The monoisotopic (exact) mass is 563 g/mol. The fraction of sp³-hybridized carbons (Fsp3) is 0.323. The van der Waals surface area contributed by atoms with Crippen molar-refractivity contribution >= 4 is 48.4 Å². The molecule has 0 saturated heterocycles. The molecule has 4 aliphatic rings. The van der Waals surface area contributed by atoms with E-state index in [4.69, 9.17) is 9.47 Å². The largest absolute Gasteiger partial charge is 0.493 e. The highest BCUT2D eigenvalue weighted by atomic mass is 32.2. The van der Waals surface area contributed by atoms with E-state index >= 15 is 0 Å². The number of ether oxygens (including phenoxy) is 2. The molecule has 0 radical (unpaired) electrons. The second-order valence-corrected chi connectivity index (χ2v) is 13.2. The Morgan fingerprint density at radius 2 is 1.50 bits per heavy atom. The fourth-order valence-electron chi connectivity index (χ4n) is 7.46. The first-order valence-corrected chi connectivity index (χ1v) is 14.4. The Bertz CT molecular complexity index is 1700. The number of esters is 1. The van der Waals surface area contributed by atoms with Gasteiger partial charge in [0.15, 0.2) is 25.8 Å². The number of carbonyl (C=O) groups is 3. The average Bonchev–Trinajstić information content (AvgIpc) is 3.23. The summed E-state index contributed by atoms with van der Waals surface area (Å²) in [5, 5.41) is 11.1. The Morgan fingerprint density at radius 3 is 2.05 bits per heavy atom. The van der Waals surface area contributed by atoms with Crippen molar-refractivity contribution in [3.63, 3.8) is 0 Å². The molecule has 40 heavy (non-hydrogen) atoms. The Labute approximate surface area is 230 Å². The lowest BCUT2D eigenvalue weighted by Crippen LogP contribution is -2.55. The predicted octanol–water partition coefficient (Wildman–Crippen LogP) is 7.02. The zero-order chi connectivity index (χ0) is 27.9. The minimum Gasteiger partial charge on any atom is -0.493 e. The smallest absolute Gasteiger partial charge is 0.341 e. The lowest BCUT2D eigenvalue weighted by Gasteiger charge is -2.53. The summed E-state index contributed by atoms with van der Waals surface area (Å²) >= 11 is 0. The summed E-state index contributed by atoms with van der Waals surface area (Å²) in [5.74, 6) is -2.07. The van der Waals surface area contributed by atoms with Crippen molar-refractivity contribution in [3.05, 3.63) is 65.7 Å². The minimum absolute atomic E-state index is 0.0622. The molecule has 3 aromatic carbocycles. The summed E-state index contributed by atoms with van der Waals surface area (Å²) in [6.45, 7) is 0. The van der Waals surface area contributed by atoms with E-state index in [2.05, 4.69) is 0 Å². The number of carboxylic acids is 1. The third kappa shape index (κ3) is 3.67. The van der Waals surface area contributed by atoms with Gasteiger partial charge >= 0.3 is 11.9 Å². The van der Waals surface area contributed by atoms with Crippen LogP contribution in [0.5, 0.6) is 11.5 Å². The standard InChI is InChI=1S/C31H24F2O6S/c1-38-23-10-22(29(35)36)27(40-25-4-2-18(32)8-20(25)21-9-19(33)3-5-26(21)40)11-24(23)39-30(37)31-12-15-6-16(13-31)28(34)17(7-15)14-31/h2-5,8-11,15-17H,6-7,12-14H2,1H3/p+1. The van der Waals surface area contributed by atoms with Crippen molar-refractivity contribution in [2.75, 3.05) is 7.11 Å². The third-order valence-corrected chi connectivity index (χ3v) is 11.3. The summed E-state index contributed by atoms with van der Waals surface area (Å²) in [5.41, 5.74) is -0.807. The minimum atomic E-state index is -1.21. The van der Waals surface area contributed by atoms with Gasteiger partial charge in [-0.1, -0.05) is 0 Å². The molecule has 0 aliphatic heterocycles. The molecule has 4 fully saturated rings. The van der Waals surface area contributed by atoms with E-state index in [1.54, 1.807) is 12.1 Å². The van der Waals surface area contributed by atoms with E-state index in [1.165, 1.54) is 43.5 Å². The van der Waals surface area contributed by atoms with E-state index in [-0.39, 0.29) is 34.7 Å². The van der Waals surface area contributed by atoms with Gasteiger partial charge in [0.05, 0.1) is 23.3 Å². The van der Waals surface area contributed by atoms with Crippen LogP contribution in [0.1, 0.15) is 42.5 Å². The van der Waals surface area contributed by atoms with Crippen LogP contribution in [0, 0.1) is 34.8 Å². The van der Waals surface area contributed by atoms with Crippen LogP contribution >= 0.6 is 10.5 Å². The van der Waals surface area contributed by atoms with Crippen molar-refractivity contribution in [2.24, 2.45) is 23.2 Å². The summed E-state index contributed by atoms with van der Waals surface area (Å²) in [7, 11) is 0.325. The van der Waals surface area contributed by atoms with Gasteiger partial charge in [-0.15, -0.1) is 0 Å². The van der Waals surface area contributed by atoms with E-state index in [0.29, 0.717) is 50.2 Å². The molecule has 2 unspecified atom stereocenters. The highest BCUT2D eigenvalue weighted by Crippen LogP contribution is 2.59. The normalized spacial score (nSPS) is 25.1. The number of hydrogen-bond donors (Lipinski definition) is 1. The van der Waals surface area contributed by atoms with Crippen LogP contribution in [0.15, 0.2) is 48.5 Å². The molecule has 4 saturated carbocycles. The lowest BCUT2D eigenvalue weighted by molar-refractivity contribution is -0.167. The van der Waals surface area contributed by atoms with Crippen LogP contribution in [0.2, 0.25) is 0 Å². The average molecular weight is 564 g/mol. The number of aromatic carboxylic acids is 1. The number of thiophene rings is 1. The molecule has 4 aliphatic carbocycles. The number of methoxy groups -OCH3 is 1. The maximum Gasteiger partial charge on any atom is 0.341 e. The van der Waals surface area contributed by atoms with E-state index in [1.807, 2.05) is 0 Å². The van der Waals surface area contributed by atoms with Gasteiger partial charge in [0, 0.05) is 46.6 Å². The summed E-state index contributed by atoms with van der Waals surface area (Å²) in [6, 6.07) is 11.2. The van der Waals surface area contributed by atoms with E-state index in [0.717, 1.165) is 12.8 Å². The number of hydrogen-bond acceptors (Lipinski definition) is 5. The SMILES string of the molecule is COc1cc(C(=O)O)c(-[s+]2c3ccc(F)cc3c3cc(F)ccc32)cc1OC(=O)C12CC3CC(C1)C(=O)C(C3)C2. The van der Waals surface area contributed by atoms with Crippen molar-refractivity contribution in [1.82, 2.24) is 0 Å². The number of halogens is 2. The van der Waals surface area contributed by atoms with E-state index in [9.17, 15) is 28.3 Å². The van der Waals surface area contributed by atoms with Gasteiger partial charge in [0.1, 0.15) is 23.0 Å². The molecule has 4 bridgehead atoms. The third-order valence-electron chi connectivity index (χ3n) is 8.96. The van der Waals surface area contributed by atoms with Gasteiger partial charge in [-0.25, -0.2) is 13.6 Å². The summed E-state index contributed by atoms with van der Waals surface area (Å²) in [4.78, 5) is 39.2. The number of benzene rings is 3. The van der Waals surface area contributed by atoms with E-state index < -0.39 is 39.5 Å². The molecule has 6 nitrogen and oxygen atoms in total. The molecule has 1 N–H and O–H groups in total. The van der Waals surface area contributed by atoms with Crippen LogP contribution in [-0.4, -0.2) is 29.9 Å². The van der Waals surface area contributed by atoms with Crippen LogP contribution in [-0.2, 0) is 9.59 Å². The van der Waals surface area contributed by atoms with Crippen LogP contribution < -0.4 is 9.47 Å². The molecule has 9 heteroatoms. The fourth-order valence-corrected chi connectivity index (χ4v) is 9.95. The topological polar surface area (TPSA) is 89.9 Å². The maximum absolute atomic E-state index is 14.3. The molecular weight excluding hydrogens is 538 g/mol.